The maximum absolute atomic E-state index is 14.1. The Morgan fingerprint density at radius 3 is 2.71 bits per heavy atom. The molecule has 1 aromatic carbocycles. The van der Waals surface area contributed by atoms with E-state index in [2.05, 4.69) is 0 Å². The summed E-state index contributed by atoms with van der Waals surface area (Å²) in [6, 6.07) is 7.18. The quantitative estimate of drug-likeness (QED) is 0.642. The van der Waals surface area contributed by atoms with Crippen LogP contribution in [0.25, 0.3) is 5.69 Å². The van der Waals surface area contributed by atoms with Crippen molar-refractivity contribution in [2.24, 2.45) is 5.92 Å². The molecule has 1 aromatic heterocycles. The van der Waals surface area contributed by atoms with Crippen molar-refractivity contribution in [1.29, 1.82) is 0 Å². The maximum Gasteiger partial charge on any atom is 0.308 e. The van der Waals surface area contributed by atoms with Gasteiger partial charge in [0.15, 0.2) is 0 Å². The predicted octanol–water partition coefficient (Wildman–Crippen LogP) is 2.84. The van der Waals surface area contributed by atoms with Crippen molar-refractivity contribution in [3.63, 3.8) is 0 Å². The summed E-state index contributed by atoms with van der Waals surface area (Å²) < 4.78 is 15.4. The van der Waals surface area contributed by atoms with Gasteiger partial charge in [0.1, 0.15) is 0 Å². The van der Waals surface area contributed by atoms with Gasteiger partial charge in [-0.05, 0) is 37.3 Å². The third kappa shape index (κ3) is 2.69. The highest BCUT2D eigenvalue weighted by molar-refractivity contribution is 5.50. The van der Waals surface area contributed by atoms with E-state index in [9.17, 15) is 19.3 Å². The fraction of sp³-hybridized carbons (Fsp3) is 0.267. The largest absolute Gasteiger partial charge is 0.308 e. The first-order valence-electron chi connectivity index (χ1n) is 6.71. The minimum atomic E-state index is -0.899. The monoisotopic (exact) mass is 288 g/mol. The zero-order valence-corrected chi connectivity index (χ0v) is 11.2. The van der Waals surface area contributed by atoms with Crippen molar-refractivity contribution in [3.8, 4) is 5.69 Å². The molecule has 5 nitrogen and oxygen atoms in total. The predicted molar refractivity (Wildman–Crippen MR) is 75.1 cm³/mol. The highest BCUT2D eigenvalue weighted by Gasteiger charge is 2.28. The van der Waals surface area contributed by atoms with E-state index < -0.39 is 16.4 Å². The molecule has 1 fully saturated rings. The Labute approximate surface area is 119 Å². The zero-order chi connectivity index (χ0) is 15.0. The summed E-state index contributed by atoms with van der Waals surface area (Å²) in [5, 5.41) is 11.1. The molecule has 6 heteroatoms. The van der Waals surface area contributed by atoms with Gasteiger partial charge in [-0.25, -0.2) is 0 Å². The van der Waals surface area contributed by atoms with E-state index >= 15 is 0 Å². The van der Waals surface area contributed by atoms with Crippen LogP contribution in [0.2, 0.25) is 0 Å². The SMILES string of the molecule is O=c1ccccn1-c1cc(F)c([N+](=O)[O-])c(CC2CC2)c1. The lowest BCUT2D eigenvalue weighted by molar-refractivity contribution is -0.388. The molecular formula is C15H13FN2O3. The molecule has 2 aromatic rings. The van der Waals surface area contributed by atoms with E-state index in [0.29, 0.717) is 23.6 Å². The molecule has 0 saturated heterocycles. The Balaban J connectivity index is 2.15. The minimum absolute atomic E-state index is 0.303. The molecule has 1 aliphatic carbocycles. The first kappa shape index (κ1) is 13.5. The Bertz CT molecular complexity index is 766. The van der Waals surface area contributed by atoms with Gasteiger partial charge in [0, 0.05) is 23.9 Å². The van der Waals surface area contributed by atoms with Crippen molar-refractivity contribution in [2.45, 2.75) is 19.3 Å². The van der Waals surface area contributed by atoms with E-state index in [-0.39, 0.29) is 5.56 Å². The van der Waals surface area contributed by atoms with Crippen molar-refractivity contribution < 1.29 is 9.31 Å². The molecule has 1 saturated carbocycles. The first-order chi connectivity index (χ1) is 10.1. The van der Waals surface area contributed by atoms with Crippen LogP contribution in [0.4, 0.5) is 10.1 Å². The first-order valence-corrected chi connectivity index (χ1v) is 6.71. The summed E-state index contributed by atoms with van der Waals surface area (Å²) in [7, 11) is 0. The van der Waals surface area contributed by atoms with E-state index in [1.54, 1.807) is 18.2 Å². The van der Waals surface area contributed by atoms with Crippen molar-refractivity contribution in [3.05, 3.63) is 68.4 Å². The molecule has 0 bridgehead atoms. The van der Waals surface area contributed by atoms with Crippen molar-refractivity contribution in [1.82, 2.24) is 4.57 Å². The normalized spacial score (nSPS) is 14.1. The van der Waals surface area contributed by atoms with E-state index in [0.717, 1.165) is 18.9 Å². The molecule has 0 aliphatic heterocycles. The summed E-state index contributed by atoms with van der Waals surface area (Å²) in [4.78, 5) is 22.2. The topological polar surface area (TPSA) is 65.1 Å². The van der Waals surface area contributed by atoms with Gasteiger partial charge in [-0.1, -0.05) is 6.07 Å². The number of halogens is 1. The Kier molecular flexibility index (Phi) is 3.29. The van der Waals surface area contributed by atoms with Gasteiger partial charge in [-0.3, -0.25) is 19.5 Å². The number of rotatable bonds is 4. The lowest BCUT2D eigenvalue weighted by Crippen LogP contribution is -2.16. The van der Waals surface area contributed by atoms with Crippen LogP contribution in [-0.4, -0.2) is 9.49 Å². The second-order valence-corrected chi connectivity index (χ2v) is 5.25. The lowest BCUT2D eigenvalue weighted by atomic mass is 10.0. The van der Waals surface area contributed by atoms with E-state index in [4.69, 9.17) is 0 Å². The summed E-state index contributed by atoms with van der Waals surface area (Å²) in [6.45, 7) is 0. The van der Waals surface area contributed by atoms with E-state index in [1.165, 1.54) is 16.8 Å². The smallest absolute Gasteiger partial charge is 0.284 e. The molecule has 108 valence electrons. The lowest BCUT2D eigenvalue weighted by Gasteiger charge is -2.09. The summed E-state index contributed by atoms with van der Waals surface area (Å²) in [6.07, 6.45) is 4.01. The molecule has 0 N–H and O–H groups in total. The van der Waals surface area contributed by atoms with Gasteiger partial charge in [0.25, 0.3) is 5.56 Å². The van der Waals surface area contributed by atoms with Crippen molar-refractivity contribution in [2.75, 3.05) is 0 Å². The number of hydrogen-bond donors (Lipinski definition) is 0. The fourth-order valence-electron chi connectivity index (χ4n) is 2.41. The Hall–Kier alpha value is -2.50. The molecule has 0 unspecified atom stereocenters. The number of aromatic nitrogens is 1. The zero-order valence-electron chi connectivity index (χ0n) is 11.2. The van der Waals surface area contributed by atoms with E-state index in [1.807, 2.05) is 0 Å². The molecular weight excluding hydrogens is 275 g/mol. The summed E-state index contributed by atoms with van der Waals surface area (Å²) >= 11 is 0. The standard InChI is InChI=1S/C15H13FN2O3/c16-13-9-12(17-6-2-1-3-14(17)19)8-11(7-10-4-5-10)15(13)18(20)21/h1-3,6,8-10H,4-5,7H2. The van der Waals surface area contributed by atoms with Crippen LogP contribution in [-0.2, 0) is 6.42 Å². The third-order valence-electron chi connectivity index (χ3n) is 3.62. The number of pyridine rings is 1. The number of hydrogen-bond acceptors (Lipinski definition) is 3. The molecule has 1 aliphatic rings. The maximum atomic E-state index is 14.1. The average molecular weight is 288 g/mol. The van der Waals surface area contributed by atoms with Crippen LogP contribution >= 0.6 is 0 Å². The van der Waals surface area contributed by atoms with Gasteiger partial charge in [0.2, 0.25) is 5.82 Å². The molecule has 21 heavy (non-hydrogen) atoms. The minimum Gasteiger partial charge on any atom is -0.284 e. The Morgan fingerprint density at radius 1 is 1.33 bits per heavy atom. The van der Waals surface area contributed by atoms with Gasteiger partial charge in [0.05, 0.1) is 10.6 Å². The number of nitro benzene ring substituents is 1. The van der Waals surface area contributed by atoms with Gasteiger partial charge in [-0.15, -0.1) is 0 Å². The fourth-order valence-corrected chi connectivity index (χ4v) is 2.41. The summed E-state index contributed by atoms with van der Waals surface area (Å²) in [5.41, 5.74) is -0.106. The van der Waals surface area contributed by atoms with Crippen LogP contribution in [0.5, 0.6) is 0 Å². The van der Waals surface area contributed by atoms with Gasteiger partial charge < -0.3 is 0 Å². The molecule has 0 radical (unpaired) electrons. The molecule has 0 amide bonds. The van der Waals surface area contributed by atoms with Crippen LogP contribution in [0.15, 0.2) is 41.3 Å². The van der Waals surface area contributed by atoms with Gasteiger partial charge >= 0.3 is 5.69 Å². The van der Waals surface area contributed by atoms with Crippen LogP contribution in [0, 0.1) is 21.8 Å². The number of nitro groups is 1. The van der Waals surface area contributed by atoms with Crippen molar-refractivity contribution >= 4 is 5.69 Å². The average Bonchev–Trinajstić information content (AvgIpc) is 3.22. The second-order valence-electron chi connectivity index (χ2n) is 5.25. The Morgan fingerprint density at radius 2 is 2.10 bits per heavy atom. The van der Waals surface area contributed by atoms with Crippen LogP contribution in [0.1, 0.15) is 18.4 Å². The molecule has 3 rings (SSSR count). The third-order valence-corrected chi connectivity index (χ3v) is 3.62. The number of nitrogens with zero attached hydrogens (tertiary/aromatic N) is 2. The van der Waals surface area contributed by atoms with Crippen LogP contribution < -0.4 is 5.56 Å². The highest BCUT2D eigenvalue weighted by Crippen LogP contribution is 2.36. The summed E-state index contributed by atoms with van der Waals surface area (Å²) in [5.74, 6) is -0.519. The van der Waals surface area contributed by atoms with Crippen LogP contribution in [0.3, 0.4) is 0 Å². The van der Waals surface area contributed by atoms with Gasteiger partial charge in [-0.2, -0.15) is 4.39 Å². The molecule has 1 heterocycles. The number of benzene rings is 1. The second kappa shape index (κ2) is 5.12. The highest BCUT2D eigenvalue weighted by atomic mass is 19.1. The molecule has 0 spiro atoms. The molecule has 0 atom stereocenters.